The highest BCUT2D eigenvalue weighted by molar-refractivity contribution is 5.90. The summed E-state index contributed by atoms with van der Waals surface area (Å²) in [7, 11) is 0. The van der Waals surface area contributed by atoms with Crippen LogP contribution < -0.4 is 9.47 Å². The molecule has 6 nitrogen and oxygen atoms in total. The van der Waals surface area contributed by atoms with E-state index < -0.39 is 5.97 Å². The molecule has 0 fully saturated rings. The van der Waals surface area contributed by atoms with Crippen molar-refractivity contribution in [1.82, 2.24) is 9.78 Å². The molecule has 4 rings (SSSR count). The molecule has 0 radical (unpaired) electrons. The van der Waals surface area contributed by atoms with Crippen molar-refractivity contribution in [3.8, 4) is 34.0 Å². The molecule has 0 atom stereocenters. The zero-order valence-electron chi connectivity index (χ0n) is 20.8. The third kappa shape index (κ3) is 6.13. The van der Waals surface area contributed by atoms with E-state index in [1.165, 1.54) is 5.56 Å². The molecule has 0 aliphatic carbocycles. The maximum Gasteiger partial charge on any atom is 0.335 e. The van der Waals surface area contributed by atoms with E-state index in [1.54, 1.807) is 18.2 Å². The maximum atomic E-state index is 11.7. The molecule has 0 spiro atoms. The van der Waals surface area contributed by atoms with E-state index in [1.807, 2.05) is 60.1 Å². The molecule has 3 aromatic carbocycles. The number of hydrogen-bond acceptors (Lipinski definition) is 4. The summed E-state index contributed by atoms with van der Waals surface area (Å²) < 4.78 is 13.8. The van der Waals surface area contributed by atoms with Crippen LogP contribution in [0.1, 0.15) is 42.6 Å². The minimum absolute atomic E-state index is 0.198. The highest BCUT2D eigenvalue weighted by atomic mass is 16.5. The smallest absolute Gasteiger partial charge is 0.335 e. The second-order valence-corrected chi connectivity index (χ2v) is 8.61. The van der Waals surface area contributed by atoms with E-state index in [2.05, 4.69) is 19.1 Å². The largest absolute Gasteiger partial charge is 0.494 e. The molecule has 6 heteroatoms. The van der Waals surface area contributed by atoms with Crippen molar-refractivity contribution in [3.05, 3.63) is 90.0 Å². The van der Waals surface area contributed by atoms with E-state index in [0.717, 1.165) is 36.3 Å². The second-order valence-electron chi connectivity index (χ2n) is 8.61. The van der Waals surface area contributed by atoms with Crippen LogP contribution in [0, 0.1) is 0 Å². The SMILES string of the molecule is CCCOc1cccc(-c2cc(-c3cc(C(=O)O)ccc3OCCC)nn2CCc2ccccc2)c1. The van der Waals surface area contributed by atoms with Gasteiger partial charge in [0.05, 0.1) is 30.2 Å². The first-order valence-corrected chi connectivity index (χ1v) is 12.4. The van der Waals surface area contributed by atoms with Crippen LogP contribution in [0.15, 0.2) is 78.9 Å². The Bertz CT molecular complexity index is 1300. The summed E-state index contributed by atoms with van der Waals surface area (Å²) in [4.78, 5) is 11.7. The van der Waals surface area contributed by atoms with Crippen molar-refractivity contribution >= 4 is 5.97 Å². The van der Waals surface area contributed by atoms with Crippen molar-refractivity contribution < 1.29 is 19.4 Å². The van der Waals surface area contributed by atoms with Crippen LogP contribution in [0.2, 0.25) is 0 Å². The van der Waals surface area contributed by atoms with Gasteiger partial charge in [0.2, 0.25) is 0 Å². The Morgan fingerprint density at radius 1 is 0.889 bits per heavy atom. The average molecular weight is 485 g/mol. The second kappa shape index (κ2) is 12.1. The first kappa shape index (κ1) is 25.0. The van der Waals surface area contributed by atoms with Crippen LogP contribution in [0.5, 0.6) is 11.5 Å². The zero-order valence-corrected chi connectivity index (χ0v) is 20.8. The number of carbonyl (C=O) groups is 1. The molecule has 0 saturated carbocycles. The molecule has 4 aromatic rings. The molecule has 0 aliphatic heterocycles. The summed E-state index contributed by atoms with van der Waals surface area (Å²) in [6.45, 7) is 5.98. The lowest BCUT2D eigenvalue weighted by Gasteiger charge is -2.10. The van der Waals surface area contributed by atoms with E-state index in [9.17, 15) is 9.90 Å². The molecule has 0 saturated heterocycles. The normalized spacial score (nSPS) is 10.8. The fraction of sp³-hybridized carbons (Fsp3) is 0.267. The minimum atomic E-state index is -0.984. The van der Waals surface area contributed by atoms with Crippen molar-refractivity contribution in [1.29, 1.82) is 0 Å². The summed E-state index contributed by atoms with van der Waals surface area (Å²) >= 11 is 0. The fourth-order valence-electron chi connectivity index (χ4n) is 4.00. The van der Waals surface area contributed by atoms with E-state index in [-0.39, 0.29) is 5.56 Å². The molecular weight excluding hydrogens is 452 g/mol. The predicted octanol–water partition coefficient (Wildman–Crippen LogP) is 6.74. The summed E-state index contributed by atoms with van der Waals surface area (Å²) in [6, 6.07) is 25.2. The van der Waals surface area contributed by atoms with Crippen molar-refractivity contribution in [2.24, 2.45) is 0 Å². The number of carboxylic acid groups (broad SMARTS) is 1. The predicted molar refractivity (Wildman–Crippen MR) is 142 cm³/mol. The van der Waals surface area contributed by atoms with E-state index in [4.69, 9.17) is 14.6 Å². The average Bonchev–Trinajstić information content (AvgIpc) is 3.34. The van der Waals surface area contributed by atoms with Crippen LogP contribution >= 0.6 is 0 Å². The monoisotopic (exact) mass is 484 g/mol. The molecule has 1 N–H and O–H groups in total. The number of rotatable bonds is 12. The van der Waals surface area contributed by atoms with Gasteiger partial charge in [-0.3, -0.25) is 4.68 Å². The van der Waals surface area contributed by atoms with E-state index in [0.29, 0.717) is 36.8 Å². The number of carboxylic acids is 1. The van der Waals surface area contributed by atoms with Gasteiger partial charge in [-0.05, 0) is 61.2 Å². The Labute approximate surface area is 212 Å². The molecule has 1 aromatic heterocycles. The summed E-state index contributed by atoms with van der Waals surface area (Å²) in [5, 5.41) is 14.5. The summed E-state index contributed by atoms with van der Waals surface area (Å²) in [5.41, 5.74) is 4.68. The van der Waals surface area contributed by atoms with Crippen molar-refractivity contribution in [3.63, 3.8) is 0 Å². The summed E-state index contributed by atoms with van der Waals surface area (Å²) in [5.74, 6) is 0.454. The van der Waals surface area contributed by atoms with Crippen LogP contribution in [-0.2, 0) is 13.0 Å². The van der Waals surface area contributed by atoms with Gasteiger partial charge in [0.1, 0.15) is 11.5 Å². The number of aryl methyl sites for hydroxylation is 2. The molecule has 0 amide bonds. The van der Waals surface area contributed by atoms with Gasteiger partial charge < -0.3 is 14.6 Å². The Hall–Kier alpha value is -4.06. The number of hydrogen-bond donors (Lipinski definition) is 1. The van der Waals surface area contributed by atoms with Crippen LogP contribution in [0.25, 0.3) is 22.5 Å². The highest BCUT2D eigenvalue weighted by Crippen LogP contribution is 2.34. The Balaban J connectivity index is 1.77. The van der Waals surface area contributed by atoms with E-state index >= 15 is 0 Å². The van der Waals surface area contributed by atoms with Gasteiger partial charge in [0.15, 0.2) is 0 Å². The number of aromatic carboxylic acids is 1. The highest BCUT2D eigenvalue weighted by Gasteiger charge is 2.18. The Morgan fingerprint density at radius 2 is 1.67 bits per heavy atom. The molecule has 186 valence electrons. The third-order valence-electron chi connectivity index (χ3n) is 5.80. The minimum Gasteiger partial charge on any atom is -0.494 e. The molecule has 0 unspecified atom stereocenters. The van der Waals surface area contributed by atoms with Gasteiger partial charge in [-0.15, -0.1) is 0 Å². The van der Waals surface area contributed by atoms with Crippen LogP contribution in [0.3, 0.4) is 0 Å². The van der Waals surface area contributed by atoms with Gasteiger partial charge in [0, 0.05) is 17.7 Å². The van der Waals surface area contributed by atoms with Gasteiger partial charge in [-0.2, -0.15) is 5.10 Å². The quantitative estimate of drug-likeness (QED) is 0.241. The number of benzene rings is 3. The number of nitrogens with zero attached hydrogens (tertiary/aromatic N) is 2. The fourth-order valence-corrected chi connectivity index (χ4v) is 4.00. The van der Waals surface area contributed by atoms with Crippen LogP contribution in [0.4, 0.5) is 0 Å². The molecule has 1 heterocycles. The molecule has 0 aliphatic rings. The van der Waals surface area contributed by atoms with Gasteiger partial charge in [0.25, 0.3) is 0 Å². The number of aromatic nitrogens is 2. The van der Waals surface area contributed by atoms with Gasteiger partial charge in [-0.1, -0.05) is 56.3 Å². The first-order chi connectivity index (χ1) is 17.6. The summed E-state index contributed by atoms with van der Waals surface area (Å²) in [6.07, 6.45) is 2.60. The van der Waals surface area contributed by atoms with Gasteiger partial charge >= 0.3 is 5.97 Å². The van der Waals surface area contributed by atoms with Crippen molar-refractivity contribution in [2.45, 2.75) is 39.7 Å². The van der Waals surface area contributed by atoms with Crippen molar-refractivity contribution in [2.75, 3.05) is 13.2 Å². The number of ether oxygens (including phenoxy) is 2. The maximum absolute atomic E-state index is 11.7. The lowest BCUT2D eigenvalue weighted by atomic mass is 10.0. The Morgan fingerprint density at radius 3 is 2.42 bits per heavy atom. The standard InChI is InChI=1S/C30H32N2O4/c1-3-17-35-25-12-8-11-23(19-25)28-21-27(31-32(28)16-15-22-9-6-5-7-10-22)26-20-24(30(33)34)13-14-29(26)36-18-4-2/h5-14,19-21H,3-4,15-18H2,1-2H3,(H,33,34). The van der Waals surface area contributed by atoms with Crippen LogP contribution in [-0.4, -0.2) is 34.1 Å². The Kier molecular flexibility index (Phi) is 8.40. The third-order valence-corrected chi connectivity index (χ3v) is 5.80. The topological polar surface area (TPSA) is 73.6 Å². The lowest BCUT2D eigenvalue weighted by Crippen LogP contribution is -2.06. The molecule has 36 heavy (non-hydrogen) atoms. The lowest BCUT2D eigenvalue weighted by molar-refractivity contribution is 0.0697. The molecule has 0 bridgehead atoms. The zero-order chi connectivity index (χ0) is 25.3. The van der Waals surface area contributed by atoms with Gasteiger partial charge in [-0.25, -0.2) is 4.79 Å². The first-order valence-electron chi connectivity index (χ1n) is 12.4. The molecular formula is C30H32N2O4.